The largest absolute Gasteiger partial charge is 0.308 e. The molecular weight excluding hydrogens is 168 g/mol. The summed E-state index contributed by atoms with van der Waals surface area (Å²) in [5.74, 6) is 0.701. The lowest BCUT2D eigenvalue weighted by atomic mass is 10.2. The van der Waals surface area contributed by atoms with Crippen molar-refractivity contribution in [2.24, 2.45) is 5.92 Å². The van der Waals surface area contributed by atoms with Crippen LogP contribution >= 0.6 is 11.3 Å². The van der Waals surface area contributed by atoms with E-state index in [9.17, 15) is 0 Å². The van der Waals surface area contributed by atoms with Crippen molar-refractivity contribution in [1.29, 1.82) is 0 Å². The number of hydrogen-bond acceptors (Lipinski definition) is 3. The minimum Gasteiger partial charge on any atom is -0.308 e. The van der Waals surface area contributed by atoms with Crippen LogP contribution in [0.15, 0.2) is 11.6 Å². The second-order valence-electron chi connectivity index (χ2n) is 3.39. The van der Waals surface area contributed by atoms with Gasteiger partial charge in [0.15, 0.2) is 0 Å². The second-order valence-corrected chi connectivity index (χ2v) is 4.32. The topological polar surface area (TPSA) is 24.9 Å². The van der Waals surface area contributed by atoms with E-state index in [0.717, 1.165) is 6.54 Å². The molecule has 1 aromatic rings. The van der Waals surface area contributed by atoms with E-state index in [1.807, 2.05) is 11.6 Å². The summed E-state index contributed by atoms with van der Waals surface area (Å²) >= 11 is 1.71. The van der Waals surface area contributed by atoms with Gasteiger partial charge in [-0.15, -0.1) is 11.3 Å². The van der Waals surface area contributed by atoms with Crippen molar-refractivity contribution < 1.29 is 0 Å². The smallest absolute Gasteiger partial charge is 0.109 e. The Morgan fingerprint density at radius 1 is 1.50 bits per heavy atom. The Balaban J connectivity index is 2.34. The summed E-state index contributed by atoms with van der Waals surface area (Å²) in [6.45, 7) is 7.63. The molecule has 0 fully saturated rings. The average Bonchev–Trinajstić information content (AvgIpc) is 2.51. The molecule has 68 valence electrons. The zero-order valence-corrected chi connectivity index (χ0v) is 8.69. The summed E-state index contributed by atoms with van der Waals surface area (Å²) in [6.07, 6.45) is 1.85. The molecule has 0 spiro atoms. The number of nitrogens with one attached hydrogen (secondary N) is 1. The van der Waals surface area contributed by atoms with Crippen LogP contribution in [0.5, 0.6) is 0 Å². The molecule has 0 amide bonds. The van der Waals surface area contributed by atoms with Gasteiger partial charge in [0.25, 0.3) is 0 Å². The van der Waals surface area contributed by atoms with Gasteiger partial charge in [-0.2, -0.15) is 0 Å². The molecule has 1 aromatic heterocycles. The third-order valence-corrected chi connectivity index (χ3v) is 2.61. The molecular formula is C9H16N2S. The third-order valence-electron chi connectivity index (χ3n) is 1.65. The Morgan fingerprint density at radius 3 is 2.75 bits per heavy atom. The van der Waals surface area contributed by atoms with E-state index in [-0.39, 0.29) is 0 Å². The van der Waals surface area contributed by atoms with E-state index in [1.54, 1.807) is 11.3 Å². The van der Waals surface area contributed by atoms with Gasteiger partial charge in [-0.3, -0.25) is 0 Å². The van der Waals surface area contributed by atoms with E-state index in [2.05, 4.69) is 31.1 Å². The van der Waals surface area contributed by atoms with Crippen LogP contribution < -0.4 is 5.32 Å². The summed E-state index contributed by atoms with van der Waals surface area (Å²) in [5.41, 5.74) is 0. The summed E-state index contributed by atoms with van der Waals surface area (Å²) in [5, 5.41) is 6.63. The average molecular weight is 184 g/mol. The second kappa shape index (κ2) is 4.58. The first-order chi connectivity index (χ1) is 5.70. The number of hydrogen-bond donors (Lipinski definition) is 1. The van der Waals surface area contributed by atoms with Crippen molar-refractivity contribution >= 4 is 11.3 Å². The van der Waals surface area contributed by atoms with Gasteiger partial charge in [-0.05, 0) is 19.4 Å². The van der Waals surface area contributed by atoms with Gasteiger partial charge in [-0.25, -0.2) is 4.98 Å². The van der Waals surface area contributed by atoms with Crippen LogP contribution in [0, 0.1) is 5.92 Å². The van der Waals surface area contributed by atoms with E-state index in [0.29, 0.717) is 12.0 Å². The highest BCUT2D eigenvalue weighted by Gasteiger charge is 2.06. The number of rotatable bonds is 4. The predicted octanol–water partition coefficient (Wildman–Crippen LogP) is 2.45. The molecule has 0 aliphatic heterocycles. The zero-order chi connectivity index (χ0) is 8.97. The third kappa shape index (κ3) is 2.91. The Bertz CT molecular complexity index is 206. The molecule has 0 saturated carbocycles. The Hall–Kier alpha value is -0.410. The molecule has 0 saturated heterocycles. The summed E-state index contributed by atoms with van der Waals surface area (Å²) in [6, 6.07) is 0.396. The molecule has 0 aliphatic carbocycles. The fourth-order valence-corrected chi connectivity index (χ4v) is 1.62. The minimum absolute atomic E-state index is 0.396. The fraction of sp³-hybridized carbons (Fsp3) is 0.667. The maximum absolute atomic E-state index is 4.25. The number of thiazole rings is 1. The zero-order valence-electron chi connectivity index (χ0n) is 7.87. The first kappa shape index (κ1) is 9.68. The van der Waals surface area contributed by atoms with Crippen molar-refractivity contribution in [3.8, 4) is 0 Å². The van der Waals surface area contributed by atoms with Gasteiger partial charge in [0.05, 0.1) is 6.04 Å². The van der Waals surface area contributed by atoms with Crippen LogP contribution in [0.2, 0.25) is 0 Å². The molecule has 12 heavy (non-hydrogen) atoms. The number of nitrogens with zero attached hydrogens (tertiary/aromatic N) is 1. The van der Waals surface area contributed by atoms with Crippen LogP contribution in [0.25, 0.3) is 0 Å². The van der Waals surface area contributed by atoms with Gasteiger partial charge in [0.1, 0.15) is 5.01 Å². The van der Waals surface area contributed by atoms with Crippen molar-refractivity contribution in [3.63, 3.8) is 0 Å². The maximum atomic E-state index is 4.25. The lowest BCUT2D eigenvalue weighted by molar-refractivity contribution is 0.495. The molecule has 0 aliphatic rings. The summed E-state index contributed by atoms with van der Waals surface area (Å²) in [4.78, 5) is 4.25. The summed E-state index contributed by atoms with van der Waals surface area (Å²) < 4.78 is 0. The van der Waals surface area contributed by atoms with Crippen LogP contribution in [-0.2, 0) is 0 Å². The molecule has 0 aromatic carbocycles. The highest BCUT2D eigenvalue weighted by atomic mass is 32.1. The van der Waals surface area contributed by atoms with Crippen molar-refractivity contribution in [3.05, 3.63) is 16.6 Å². The minimum atomic E-state index is 0.396. The standard InChI is InChI=1S/C9H16N2S/c1-7(2)6-11-8(3)9-10-4-5-12-9/h4-5,7-8,11H,6H2,1-3H3. The molecule has 1 unspecified atom stereocenters. The lowest BCUT2D eigenvalue weighted by Gasteiger charge is -2.12. The van der Waals surface area contributed by atoms with E-state index in [4.69, 9.17) is 0 Å². The molecule has 2 nitrogen and oxygen atoms in total. The Labute approximate surface area is 78.0 Å². The van der Waals surface area contributed by atoms with E-state index >= 15 is 0 Å². The van der Waals surface area contributed by atoms with E-state index in [1.165, 1.54) is 5.01 Å². The van der Waals surface area contributed by atoms with Crippen LogP contribution in [0.4, 0.5) is 0 Å². The molecule has 3 heteroatoms. The van der Waals surface area contributed by atoms with Gasteiger partial charge in [-0.1, -0.05) is 13.8 Å². The summed E-state index contributed by atoms with van der Waals surface area (Å²) in [7, 11) is 0. The van der Waals surface area contributed by atoms with Gasteiger partial charge in [0, 0.05) is 11.6 Å². The Morgan fingerprint density at radius 2 is 2.25 bits per heavy atom. The molecule has 1 N–H and O–H groups in total. The van der Waals surface area contributed by atoms with Crippen LogP contribution in [0.3, 0.4) is 0 Å². The molecule has 1 heterocycles. The van der Waals surface area contributed by atoms with Gasteiger partial charge >= 0.3 is 0 Å². The molecule has 0 radical (unpaired) electrons. The van der Waals surface area contributed by atoms with Crippen molar-refractivity contribution in [1.82, 2.24) is 10.3 Å². The van der Waals surface area contributed by atoms with Crippen LogP contribution in [0.1, 0.15) is 31.8 Å². The van der Waals surface area contributed by atoms with E-state index < -0.39 is 0 Å². The molecule has 1 rings (SSSR count). The quantitative estimate of drug-likeness (QED) is 0.777. The van der Waals surface area contributed by atoms with Gasteiger partial charge in [0.2, 0.25) is 0 Å². The van der Waals surface area contributed by atoms with Crippen molar-refractivity contribution in [2.75, 3.05) is 6.54 Å². The monoisotopic (exact) mass is 184 g/mol. The Kier molecular flexibility index (Phi) is 3.69. The first-order valence-corrected chi connectivity index (χ1v) is 5.21. The first-order valence-electron chi connectivity index (χ1n) is 4.33. The maximum Gasteiger partial charge on any atom is 0.109 e. The highest BCUT2D eigenvalue weighted by Crippen LogP contribution is 2.14. The van der Waals surface area contributed by atoms with Gasteiger partial charge < -0.3 is 5.32 Å². The predicted molar refractivity (Wildman–Crippen MR) is 53.4 cm³/mol. The van der Waals surface area contributed by atoms with Crippen molar-refractivity contribution in [2.45, 2.75) is 26.8 Å². The number of aromatic nitrogens is 1. The molecule has 1 atom stereocenters. The van der Waals surface area contributed by atoms with Crippen LogP contribution in [-0.4, -0.2) is 11.5 Å². The lowest BCUT2D eigenvalue weighted by Crippen LogP contribution is -2.23. The fourth-order valence-electron chi connectivity index (χ4n) is 0.948. The highest BCUT2D eigenvalue weighted by molar-refractivity contribution is 7.09. The molecule has 0 bridgehead atoms. The SMILES string of the molecule is CC(C)CNC(C)c1nccs1. The normalized spacial score (nSPS) is 13.7.